The van der Waals surface area contributed by atoms with Crippen molar-refractivity contribution >= 4 is 58.7 Å². The molecule has 0 aromatic carbocycles. The second-order valence-corrected chi connectivity index (χ2v) is 11.9. The van der Waals surface area contributed by atoms with Crippen molar-refractivity contribution in [1.29, 1.82) is 0 Å². The fourth-order valence-corrected chi connectivity index (χ4v) is 3.71. The summed E-state index contributed by atoms with van der Waals surface area (Å²) in [6.45, 7) is 15.7. The van der Waals surface area contributed by atoms with E-state index in [0.29, 0.717) is 26.4 Å². The Morgan fingerprint density at radius 1 is 0.311 bits per heavy atom. The summed E-state index contributed by atoms with van der Waals surface area (Å²) in [7, 11) is 0. The van der Waals surface area contributed by atoms with Crippen LogP contribution in [0.1, 0.15) is 103 Å². The van der Waals surface area contributed by atoms with Crippen LogP contribution in [0.5, 0.6) is 0 Å². The zero-order valence-electron chi connectivity index (χ0n) is 34.6. The highest BCUT2D eigenvalue weighted by atomic mass is 28.1. The number of unbranched alkanes of at least 4 members (excludes halogenated alkanes) is 12. The average Bonchev–Trinajstić information content (AvgIpc) is 3.20. The Bertz CT molecular complexity index is 1190. The van der Waals surface area contributed by atoms with Crippen LogP contribution in [-0.2, 0) is 57.3 Å². The quantitative estimate of drug-likeness (QED) is 0.0146. The van der Waals surface area contributed by atoms with Gasteiger partial charge in [0.1, 0.15) is 0 Å². The molecule has 0 heterocycles. The summed E-state index contributed by atoms with van der Waals surface area (Å²) in [5, 5.41) is 32.9. The van der Waals surface area contributed by atoms with Gasteiger partial charge in [-0.1, -0.05) is 24.3 Å². The van der Waals surface area contributed by atoms with Gasteiger partial charge in [-0.15, -0.1) is 26.3 Å². The number of hydrogen-bond donors (Lipinski definition) is 4. The first kappa shape index (κ1) is 64.1. The number of carboxylic acids is 4. The number of aliphatic carboxylic acids is 4. The monoisotopic (exact) mass is 880 g/mol. The van der Waals surface area contributed by atoms with Crippen LogP contribution in [0.2, 0.25) is 0 Å². The van der Waals surface area contributed by atoms with E-state index in [2.05, 4.69) is 26.3 Å². The molecule has 344 valence electrons. The fraction of sp³-hybridized carbons (Fsp3) is 0.455. The molecule has 4 N–H and O–H groups in total. The molecule has 0 amide bonds. The molecule has 0 saturated carbocycles. The van der Waals surface area contributed by atoms with Gasteiger partial charge in [0.05, 0.1) is 26.4 Å². The zero-order valence-corrected chi connectivity index (χ0v) is 34.6. The van der Waals surface area contributed by atoms with E-state index in [0.717, 1.165) is 151 Å². The molecule has 0 rings (SSSR count). The number of rotatable bonds is 32. The summed E-state index contributed by atoms with van der Waals surface area (Å²) in [6.07, 6.45) is 29.1. The first-order valence-corrected chi connectivity index (χ1v) is 19.4. The van der Waals surface area contributed by atoms with Gasteiger partial charge in [0.2, 0.25) is 0 Å². The maximum Gasteiger partial charge on any atom is 0.331 e. The minimum atomic E-state index is -1.15. The third-order valence-electron chi connectivity index (χ3n) is 6.64. The van der Waals surface area contributed by atoms with E-state index in [9.17, 15) is 38.4 Å². The number of ether oxygens (including phenoxy) is 4. The molecule has 0 aromatic heterocycles. The van der Waals surface area contributed by atoms with Crippen molar-refractivity contribution in [1.82, 2.24) is 0 Å². The molecule has 0 saturated heterocycles. The van der Waals surface area contributed by atoms with E-state index in [-0.39, 0.29) is 11.0 Å². The summed E-state index contributed by atoms with van der Waals surface area (Å²) < 4.78 is 19.0. The molecule has 61 heavy (non-hydrogen) atoms. The summed E-state index contributed by atoms with van der Waals surface area (Å²) in [6, 6.07) is 0. The highest BCUT2D eigenvalue weighted by molar-refractivity contribution is 5.92. The van der Waals surface area contributed by atoms with Gasteiger partial charge in [-0.25, -0.2) is 38.4 Å². The average molecular weight is 881 g/mol. The van der Waals surface area contributed by atoms with Crippen LogP contribution in [0, 0.1) is 0 Å². The van der Waals surface area contributed by atoms with E-state index < -0.39 is 47.8 Å². The number of carbonyl (C=O) groups excluding carboxylic acids is 4. The first-order valence-electron chi connectivity index (χ1n) is 19.4. The highest BCUT2D eigenvalue weighted by Gasteiger charge is 2.01. The molecule has 0 aliphatic rings. The molecule has 0 atom stereocenters. The summed E-state index contributed by atoms with van der Waals surface area (Å²) in [5.74, 6) is -7.06. The Balaban J connectivity index is -0.000000227. The topological polar surface area (TPSA) is 254 Å². The number of hydrogen-bond acceptors (Lipinski definition) is 12. The zero-order chi connectivity index (χ0) is 46.1. The Hall–Kier alpha value is -6.10. The van der Waals surface area contributed by atoms with E-state index in [1.165, 1.54) is 0 Å². The third kappa shape index (κ3) is 68.9. The lowest BCUT2D eigenvalue weighted by Gasteiger charge is -2.00. The predicted molar refractivity (Wildman–Crippen MR) is 237 cm³/mol. The van der Waals surface area contributed by atoms with E-state index >= 15 is 0 Å². The molecule has 0 spiro atoms. The summed E-state index contributed by atoms with van der Waals surface area (Å²) in [5.41, 5.74) is 0. The van der Waals surface area contributed by atoms with Gasteiger partial charge in [0.25, 0.3) is 0 Å². The van der Waals surface area contributed by atoms with Gasteiger partial charge >= 0.3 is 47.8 Å². The van der Waals surface area contributed by atoms with Gasteiger partial charge in [-0.2, -0.15) is 0 Å². The third-order valence-corrected chi connectivity index (χ3v) is 6.64. The molecule has 0 bridgehead atoms. The normalized spacial score (nSPS) is 9.97. The molecule has 0 fully saturated rings. The number of allylic oxidation sites excluding steroid dienone is 4. The Labute approximate surface area is 364 Å². The standard InChI is InChI=1S/4C11H16O4.H4Si/c4*1-2-3-4-5-6-9-15-11(14)8-7-10(12)13;/h4*2,7-8H,1,3-6,9H2,(H,12,13);1H4/b4*8-7+;. The van der Waals surface area contributed by atoms with Crippen LogP contribution < -0.4 is 0 Å². The molecule has 0 aliphatic heterocycles. The molecule has 0 aliphatic carbocycles. The highest BCUT2D eigenvalue weighted by Crippen LogP contribution is 2.03. The molecular formula is C44H68O16Si. The lowest BCUT2D eigenvalue weighted by atomic mass is 10.2. The summed E-state index contributed by atoms with van der Waals surface area (Å²) >= 11 is 0. The SMILES string of the molecule is C=CCCCCCOC(=O)/C=C/C(=O)O.C=CCCCCCOC(=O)/C=C/C(=O)O.C=CCCCCCOC(=O)/C=C/C(=O)O.C=CCCCCCOC(=O)/C=C/C(=O)O.[SiH4]. The maximum atomic E-state index is 10.8. The van der Waals surface area contributed by atoms with Crippen LogP contribution >= 0.6 is 0 Å². The lowest BCUT2D eigenvalue weighted by Crippen LogP contribution is -2.03. The predicted octanol–water partition coefficient (Wildman–Crippen LogP) is 6.22. The Morgan fingerprint density at radius 3 is 0.639 bits per heavy atom. The Morgan fingerprint density at radius 2 is 0.492 bits per heavy atom. The molecule has 16 nitrogen and oxygen atoms in total. The van der Waals surface area contributed by atoms with Crippen LogP contribution in [0.15, 0.2) is 99.2 Å². The minimum absolute atomic E-state index is 0. The smallest absolute Gasteiger partial charge is 0.331 e. The molecule has 0 unspecified atom stereocenters. The number of carbonyl (C=O) groups is 8. The number of carboxylic acid groups (broad SMARTS) is 4. The van der Waals surface area contributed by atoms with Gasteiger partial charge in [-0.3, -0.25) is 0 Å². The van der Waals surface area contributed by atoms with Crippen LogP contribution in [0.3, 0.4) is 0 Å². The maximum absolute atomic E-state index is 10.8. The largest absolute Gasteiger partial charge is 0.478 e. The van der Waals surface area contributed by atoms with Gasteiger partial charge in [0, 0.05) is 48.6 Å². The van der Waals surface area contributed by atoms with Crippen LogP contribution in [-0.4, -0.2) is 106 Å². The fourth-order valence-electron chi connectivity index (χ4n) is 3.71. The van der Waals surface area contributed by atoms with Crippen molar-refractivity contribution in [3.63, 3.8) is 0 Å². The van der Waals surface area contributed by atoms with Crippen LogP contribution in [0.25, 0.3) is 0 Å². The number of esters is 4. The van der Waals surface area contributed by atoms with Gasteiger partial charge in [0.15, 0.2) is 0 Å². The van der Waals surface area contributed by atoms with Crippen molar-refractivity contribution in [2.45, 2.75) is 103 Å². The van der Waals surface area contributed by atoms with Crippen LogP contribution in [0.4, 0.5) is 0 Å². The second-order valence-electron chi connectivity index (χ2n) is 11.9. The van der Waals surface area contributed by atoms with Crippen molar-refractivity contribution in [2.75, 3.05) is 26.4 Å². The van der Waals surface area contributed by atoms with Crippen molar-refractivity contribution in [2.24, 2.45) is 0 Å². The van der Waals surface area contributed by atoms with E-state index in [1.807, 2.05) is 24.3 Å². The second kappa shape index (κ2) is 51.9. The molecule has 0 radical (unpaired) electrons. The lowest BCUT2D eigenvalue weighted by molar-refractivity contribution is -0.139. The van der Waals surface area contributed by atoms with E-state index in [1.54, 1.807) is 0 Å². The van der Waals surface area contributed by atoms with Gasteiger partial charge < -0.3 is 39.4 Å². The van der Waals surface area contributed by atoms with E-state index in [4.69, 9.17) is 39.4 Å². The molecule has 0 aromatic rings. The van der Waals surface area contributed by atoms with Crippen molar-refractivity contribution in [3.05, 3.63) is 99.2 Å². The Kier molecular flexibility index (Phi) is 54.5. The summed E-state index contributed by atoms with van der Waals surface area (Å²) in [4.78, 5) is 83.6. The minimum Gasteiger partial charge on any atom is -0.478 e. The van der Waals surface area contributed by atoms with Crippen molar-refractivity contribution in [3.8, 4) is 0 Å². The van der Waals surface area contributed by atoms with Crippen molar-refractivity contribution < 1.29 is 77.7 Å². The first-order chi connectivity index (χ1) is 28.7. The molecule has 17 heteroatoms. The van der Waals surface area contributed by atoms with Gasteiger partial charge in [-0.05, 0) is 114 Å². The molecular weight excluding hydrogens is 813 g/mol.